The van der Waals surface area contributed by atoms with Gasteiger partial charge in [-0.05, 0) is 18.1 Å². The van der Waals surface area contributed by atoms with Crippen molar-refractivity contribution in [3.63, 3.8) is 0 Å². The quantitative estimate of drug-likeness (QED) is 0.679. The summed E-state index contributed by atoms with van der Waals surface area (Å²) in [5, 5.41) is 18.6. The van der Waals surface area contributed by atoms with Gasteiger partial charge in [0.2, 0.25) is 0 Å². The molecule has 0 aliphatic carbocycles. The van der Waals surface area contributed by atoms with Gasteiger partial charge >= 0.3 is 0 Å². The molecule has 1 aromatic carbocycles. The molecule has 7 heteroatoms. The van der Waals surface area contributed by atoms with Gasteiger partial charge in [0, 0.05) is 31.9 Å². The zero-order chi connectivity index (χ0) is 14.7. The number of aromatic nitrogens is 2. The molecule has 1 aromatic heterocycles. The molecule has 1 N–H and O–H groups in total. The molecule has 6 nitrogen and oxygen atoms in total. The van der Waals surface area contributed by atoms with E-state index in [0.29, 0.717) is 11.6 Å². The predicted molar refractivity (Wildman–Crippen MR) is 78.0 cm³/mol. The highest BCUT2D eigenvalue weighted by atomic mass is 35.5. The lowest BCUT2D eigenvalue weighted by molar-refractivity contribution is -0.384. The van der Waals surface area contributed by atoms with E-state index in [0.717, 1.165) is 23.4 Å². The molecule has 2 aromatic rings. The molecule has 0 unspecified atom stereocenters. The van der Waals surface area contributed by atoms with Gasteiger partial charge in [-0.2, -0.15) is 5.10 Å². The zero-order valence-electron chi connectivity index (χ0n) is 11.3. The van der Waals surface area contributed by atoms with Crippen molar-refractivity contribution in [3.8, 4) is 0 Å². The van der Waals surface area contributed by atoms with Crippen LogP contribution in [0.3, 0.4) is 0 Å². The van der Waals surface area contributed by atoms with Crippen LogP contribution in [-0.2, 0) is 20.0 Å². The fourth-order valence-corrected chi connectivity index (χ4v) is 2.17. The maximum atomic E-state index is 10.7. The third-order valence-electron chi connectivity index (χ3n) is 2.96. The lowest BCUT2D eigenvalue weighted by Crippen LogP contribution is -2.02. The second-order valence-electron chi connectivity index (χ2n) is 4.40. The first-order valence-corrected chi connectivity index (χ1v) is 6.58. The highest BCUT2D eigenvalue weighted by molar-refractivity contribution is 6.31. The van der Waals surface area contributed by atoms with Gasteiger partial charge in [-0.1, -0.05) is 18.5 Å². The normalized spacial score (nSPS) is 10.6. The molecular weight excluding hydrogens is 280 g/mol. The largest absolute Gasteiger partial charge is 0.378 e. The monoisotopic (exact) mass is 294 g/mol. The Morgan fingerprint density at radius 3 is 2.85 bits per heavy atom. The summed E-state index contributed by atoms with van der Waals surface area (Å²) in [5.41, 5.74) is 2.73. The number of benzene rings is 1. The highest BCUT2D eigenvalue weighted by Gasteiger charge is 2.10. The van der Waals surface area contributed by atoms with E-state index < -0.39 is 4.92 Å². The van der Waals surface area contributed by atoms with E-state index in [9.17, 15) is 10.1 Å². The summed E-state index contributed by atoms with van der Waals surface area (Å²) >= 11 is 6.05. The van der Waals surface area contributed by atoms with E-state index >= 15 is 0 Å². The third kappa shape index (κ3) is 3.08. The molecule has 0 bridgehead atoms. The van der Waals surface area contributed by atoms with Gasteiger partial charge in [0.05, 0.1) is 21.3 Å². The molecule has 0 atom stereocenters. The Bertz CT molecular complexity index is 639. The maximum absolute atomic E-state index is 10.7. The van der Waals surface area contributed by atoms with Crippen molar-refractivity contribution >= 4 is 23.0 Å². The van der Waals surface area contributed by atoms with E-state index in [1.807, 2.05) is 20.2 Å². The minimum atomic E-state index is -0.459. The standard InChI is InChI=1S/C13H15ClN4O2/c1-3-12-13(8-17(2)16-12)15-7-9-4-5-10(18(19)20)6-11(9)14/h4-6,8,15H,3,7H2,1-2H3. The lowest BCUT2D eigenvalue weighted by atomic mass is 10.2. The van der Waals surface area contributed by atoms with Crippen LogP contribution in [0.2, 0.25) is 5.02 Å². The van der Waals surface area contributed by atoms with Crippen molar-refractivity contribution in [1.82, 2.24) is 9.78 Å². The molecule has 0 radical (unpaired) electrons. The number of anilines is 1. The van der Waals surface area contributed by atoms with E-state index in [4.69, 9.17) is 11.6 Å². The Hall–Kier alpha value is -2.08. The Morgan fingerprint density at radius 2 is 2.25 bits per heavy atom. The molecule has 106 valence electrons. The van der Waals surface area contributed by atoms with Gasteiger partial charge in [-0.25, -0.2) is 0 Å². The average molecular weight is 295 g/mol. The van der Waals surface area contributed by atoms with Crippen LogP contribution in [0.15, 0.2) is 24.4 Å². The van der Waals surface area contributed by atoms with Gasteiger partial charge in [0.15, 0.2) is 0 Å². The van der Waals surface area contributed by atoms with Crippen LogP contribution in [0.25, 0.3) is 0 Å². The van der Waals surface area contributed by atoms with Crippen LogP contribution in [0, 0.1) is 10.1 Å². The van der Waals surface area contributed by atoms with E-state index in [-0.39, 0.29) is 5.69 Å². The minimum absolute atomic E-state index is 0.00521. The molecular formula is C13H15ClN4O2. The van der Waals surface area contributed by atoms with Crippen LogP contribution in [-0.4, -0.2) is 14.7 Å². The number of non-ortho nitro benzene ring substituents is 1. The Kier molecular flexibility index (Phi) is 4.24. The maximum Gasteiger partial charge on any atom is 0.270 e. The summed E-state index contributed by atoms with van der Waals surface area (Å²) in [5.74, 6) is 0. The molecule has 0 saturated heterocycles. The van der Waals surface area contributed by atoms with Crippen molar-refractivity contribution < 1.29 is 4.92 Å². The molecule has 0 fully saturated rings. The molecule has 0 amide bonds. The zero-order valence-corrected chi connectivity index (χ0v) is 12.0. The topological polar surface area (TPSA) is 73.0 Å². The summed E-state index contributed by atoms with van der Waals surface area (Å²) < 4.78 is 1.75. The first-order chi connectivity index (χ1) is 9.51. The van der Waals surface area contributed by atoms with Crippen molar-refractivity contribution in [1.29, 1.82) is 0 Å². The summed E-state index contributed by atoms with van der Waals surface area (Å²) in [7, 11) is 1.86. The SMILES string of the molecule is CCc1nn(C)cc1NCc1ccc([N+](=O)[O-])cc1Cl. The summed E-state index contributed by atoms with van der Waals surface area (Å²) in [6.45, 7) is 2.53. The fraction of sp³-hybridized carbons (Fsp3) is 0.308. The lowest BCUT2D eigenvalue weighted by Gasteiger charge is -2.07. The van der Waals surface area contributed by atoms with Gasteiger partial charge in [-0.3, -0.25) is 14.8 Å². The number of nitro benzene ring substituents is 1. The first-order valence-electron chi connectivity index (χ1n) is 6.20. The van der Waals surface area contributed by atoms with E-state index in [1.54, 1.807) is 10.7 Å². The molecule has 0 saturated carbocycles. The van der Waals surface area contributed by atoms with Gasteiger partial charge < -0.3 is 5.32 Å². The van der Waals surface area contributed by atoms with E-state index in [2.05, 4.69) is 10.4 Å². The van der Waals surface area contributed by atoms with Crippen molar-refractivity contribution in [2.24, 2.45) is 7.05 Å². The van der Waals surface area contributed by atoms with Crippen LogP contribution < -0.4 is 5.32 Å². The average Bonchev–Trinajstić information content (AvgIpc) is 2.77. The van der Waals surface area contributed by atoms with Crippen molar-refractivity contribution in [3.05, 3.63) is 50.8 Å². The molecule has 2 rings (SSSR count). The van der Waals surface area contributed by atoms with Crippen LogP contribution in [0.1, 0.15) is 18.2 Å². The fourth-order valence-electron chi connectivity index (χ4n) is 1.93. The smallest absolute Gasteiger partial charge is 0.270 e. The number of rotatable bonds is 5. The number of nitrogens with one attached hydrogen (secondary N) is 1. The number of aryl methyl sites for hydroxylation is 2. The first kappa shape index (κ1) is 14.3. The number of hydrogen-bond acceptors (Lipinski definition) is 4. The second-order valence-corrected chi connectivity index (χ2v) is 4.81. The van der Waals surface area contributed by atoms with E-state index in [1.165, 1.54) is 12.1 Å². The highest BCUT2D eigenvalue weighted by Crippen LogP contribution is 2.24. The number of nitrogens with zero attached hydrogens (tertiary/aromatic N) is 3. The second kappa shape index (κ2) is 5.92. The molecule has 20 heavy (non-hydrogen) atoms. The van der Waals surface area contributed by atoms with Crippen LogP contribution in [0.5, 0.6) is 0 Å². The molecule has 0 aliphatic rings. The van der Waals surface area contributed by atoms with Crippen molar-refractivity contribution in [2.45, 2.75) is 19.9 Å². The summed E-state index contributed by atoms with van der Waals surface area (Å²) in [4.78, 5) is 10.2. The Labute approximate surface area is 121 Å². The van der Waals surface area contributed by atoms with Crippen LogP contribution >= 0.6 is 11.6 Å². The molecule has 0 aliphatic heterocycles. The van der Waals surface area contributed by atoms with Gasteiger partial charge in [0.1, 0.15) is 0 Å². The van der Waals surface area contributed by atoms with Gasteiger partial charge in [0.25, 0.3) is 5.69 Å². The number of halogens is 1. The predicted octanol–water partition coefficient (Wildman–Crippen LogP) is 3.16. The summed E-state index contributed by atoms with van der Waals surface area (Å²) in [6.07, 6.45) is 2.73. The van der Waals surface area contributed by atoms with Gasteiger partial charge in [-0.15, -0.1) is 0 Å². The third-order valence-corrected chi connectivity index (χ3v) is 3.31. The van der Waals surface area contributed by atoms with Crippen LogP contribution in [0.4, 0.5) is 11.4 Å². The number of hydrogen-bond donors (Lipinski definition) is 1. The Balaban J connectivity index is 2.12. The summed E-state index contributed by atoms with van der Waals surface area (Å²) in [6, 6.07) is 4.48. The molecule has 0 spiro atoms. The minimum Gasteiger partial charge on any atom is -0.378 e. The Morgan fingerprint density at radius 1 is 1.50 bits per heavy atom. The number of nitro groups is 1. The van der Waals surface area contributed by atoms with Crippen molar-refractivity contribution in [2.75, 3.05) is 5.32 Å². The molecule has 1 heterocycles.